The van der Waals surface area contributed by atoms with Crippen LogP contribution in [0.3, 0.4) is 0 Å². The summed E-state index contributed by atoms with van der Waals surface area (Å²) in [6, 6.07) is 0. The molecule has 0 aromatic heterocycles. The highest BCUT2D eigenvalue weighted by atomic mass is 79.9. The van der Waals surface area contributed by atoms with Gasteiger partial charge in [0.15, 0.2) is 6.29 Å². The maximum Gasteiger partial charge on any atom is 0.172 e. The van der Waals surface area contributed by atoms with Gasteiger partial charge in [0.1, 0.15) is 4.33 Å². The second-order valence-corrected chi connectivity index (χ2v) is 7.13. The summed E-state index contributed by atoms with van der Waals surface area (Å²) < 4.78 is 16.4. The molecule has 0 radical (unpaired) electrons. The molecular weight excluding hydrogens is 355 g/mol. The molecule has 0 bridgehead atoms. The number of rotatable bonds is 9. The normalized spacial score (nSPS) is 28.4. The summed E-state index contributed by atoms with van der Waals surface area (Å²) in [6.45, 7) is 9.64. The van der Waals surface area contributed by atoms with Crippen LogP contribution < -0.4 is 0 Å². The number of alkyl halides is 3. The minimum absolute atomic E-state index is 0.0866. The van der Waals surface area contributed by atoms with Crippen molar-refractivity contribution in [3.63, 3.8) is 0 Å². The molecular formula is C13H23BrCl2O3. The second-order valence-electron chi connectivity index (χ2n) is 4.63. The van der Waals surface area contributed by atoms with Gasteiger partial charge in [0.2, 0.25) is 0 Å². The van der Waals surface area contributed by atoms with Crippen LogP contribution in [0.5, 0.6) is 0 Å². The van der Waals surface area contributed by atoms with Gasteiger partial charge in [-0.3, -0.25) is 0 Å². The van der Waals surface area contributed by atoms with Crippen molar-refractivity contribution in [2.24, 2.45) is 11.8 Å². The maximum absolute atomic E-state index is 6.27. The van der Waals surface area contributed by atoms with E-state index in [2.05, 4.69) is 15.9 Å². The fourth-order valence-corrected chi connectivity index (χ4v) is 3.87. The van der Waals surface area contributed by atoms with Crippen molar-refractivity contribution >= 4 is 39.1 Å². The molecule has 4 atom stereocenters. The summed E-state index contributed by atoms with van der Waals surface area (Å²) >= 11 is 16.2. The predicted molar refractivity (Wildman–Crippen MR) is 82.3 cm³/mol. The van der Waals surface area contributed by atoms with Gasteiger partial charge < -0.3 is 14.2 Å². The Balaban J connectivity index is 2.74. The predicted octanol–water partition coefficient (Wildman–Crippen LogP) is 3.99. The van der Waals surface area contributed by atoms with Crippen molar-refractivity contribution in [1.82, 2.24) is 0 Å². The van der Waals surface area contributed by atoms with Crippen molar-refractivity contribution in [3.05, 3.63) is 0 Å². The summed E-state index contributed by atoms with van der Waals surface area (Å²) in [4.78, 5) is -0.0980. The third-order valence-corrected chi connectivity index (χ3v) is 5.57. The lowest BCUT2D eigenvalue weighted by atomic mass is 10.1. The third kappa shape index (κ3) is 4.21. The van der Waals surface area contributed by atoms with Crippen LogP contribution in [-0.2, 0) is 14.2 Å². The van der Waals surface area contributed by atoms with Crippen LogP contribution in [0.15, 0.2) is 0 Å². The molecule has 0 amide bonds. The second kappa shape index (κ2) is 7.81. The molecule has 0 aromatic carbocycles. The molecule has 1 aliphatic rings. The fourth-order valence-electron chi connectivity index (χ4n) is 2.31. The number of hydrogen-bond acceptors (Lipinski definition) is 3. The van der Waals surface area contributed by atoms with Crippen molar-refractivity contribution in [2.45, 2.75) is 49.2 Å². The monoisotopic (exact) mass is 376 g/mol. The van der Waals surface area contributed by atoms with E-state index in [1.165, 1.54) is 0 Å². The SMILES string of the molecule is CCOC(OCC)C(Br)C(OCC)C1C(C)C1(Cl)Cl. The van der Waals surface area contributed by atoms with E-state index in [1.807, 2.05) is 27.7 Å². The van der Waals surface area contributed by atoms with Crippen LogP contribution in [0.25, 0.3) is 0 Å². The highest BCUT2D eigenvalue weighted by Gasteiger charge is 2.65. The average Bonchev–Trinajstić information content (AvgIpc) is 2.85. The molecule has 0 aliphatic heterocycles. The molecule has 114 valence electrons. The molecule has 19 heavy (non-hydrogen) atoms. The summed E-state index contributed by atoms with van der Waals surface area (Å²) in [5, 5.41) is 0. The Hall–Kier alpha value is 0.940. The Morgan fingerprint density at radius 2 is 1.47 bits per heavy atom. The number of halogens is 3. The van der Waals surface area contributed by atoms with Crippen molar-refractivity contribution in [3.8, 4) is 0 Å². The Bertz CT molecular complexity index is 273. The molecule has 3 nitrogen and oxygen atoms in total. The van der Waals surface area contributed by atoms with Crippen molar-refractivity contribution in [2.75, 3.05) is 19.8 Å². The van der Waals surface area contributed by atoms with Crippen LogP contribution in [0.1, 0.15) is 27.7 Å². The van der Waals surface area contributed by atoms with Gasteiger partial charge in [-0.25, -0.2) is 0 Å². The van der Waals surface area contributed by atoms with E-state index in [0.29, 0.717) is 19.8 Å². The smallest absolute Gasteiger partial charge is 0.172 e. The van der Waals surface area contributed by atoms with E-state index >= 15 is 0 Å². The first-order valence-corrected chi connectivity index (χ1v) is 8.45. The zero-order valence-electron chi connectivity index (χ0n) is 11.9. The Morgan fingerprint density at radius 1 is 1.05 bits per heavy atom. The molecule has 0 aromatic rings. The van der Waals surface area contributed by atoms with E-state index in [-0.39, 0.29) is 29.1 Å². The quantitative estimate of drug-likeness (QED) is 0.449. The Kier molecular flexibility index (Phi) is 7.39. The van der Waals surface area contributed by atoms with Gasteiger partial charge in [-0.2, -0.15) is 0 Å². The topological polar surface area (TPSA) is 27.7 Å². The fraction of sp³-hybridized carbons (Fsp3) is 1.00. The first-order chi connectivity index (χ1) is 8.91. The Labute approximate surface area is 134 Å². The maximum atomic E-state index is 6.27. The van der Waals surface area contributed by atoms with Gasteiger partial charge in [0.25, 0.3) is 0 Å². The minimum Gasteiger partial charge on any atom is -0.377 e. The van der Waals surface area contributed by atoms with Crippen LogP contribution in [0.2, 0.25) is 0 Å². The van der Waals surface area contributed by atoms with E-state index in [0.717, 1.165) is 0 Å². The van der Waals surface area contributed by atoms with Crippen LogP contribution in [-0.4, -0.2) is 41.4 Å². The lowest BCUT2D eigenvalue weighted by molar-refractivity contribution is -0.153. The van der Waals surface area contributed by atoms with Gasteiger partial charge in [-0.05, 0) is 26.7 Å². The molecule has 0 saturated heterocycles. The number of ether oxygens (including phenoxy) is 3. The van der Waals surface area contributed by atoms with Crippen LogP contribution in [0.4, 0.5) is 0 Å². The van der Waals surface area contributed by atoms with Gasteiger partial charge >= 0.3 is 0 Å². The highest BCUT2D eigenvalue weighted by molar-refractivity contribution is 9.09. The first kappa shape index (κ1) is 18.0. The number of hydrogen-bond donors (Lipinski definition) is 0. The van der Waals surface area contributed by atoms with Crippen LogP contribution >= 0.6 is 39.1 Å². The summed E-state index contributed by atoms with van der Waals surface area (Å²) in [5.41, 5.74) is 0. The lowest BCUT2D eigenvalue weighted by Crippen LogP contribution is -2.40. The molecule has 1 aliphatic carbocycles. The molecule has 0 N–H and O–H groups in total. The van der Waals surface area contributed by atoms with E-state index in [4.69, 9.17) is 37.4 Å². The molecule has 1 rings (SSSR count). The minimum atomic E-state index is -0.713. The van der Waals surface area contributed by atoms with Gasteiger partial charge in [0, 0.05) is 25.7 Å². The molecule has 1 saturated carbocycles. The van der Waals surface area contributed by atoms with Gasteiger partial charge in [-0.15, -0.1) is 23.2 Å². The van der Waals surface area contributed by atoms with E-state index in [1.54, 1.807) is 0 Å². The van der Waals surface area contributed by atoms with E-state index < -0.39 is 4.33 Å². The molecule has 0 heterocycles. The molecule has 4 unspecified atom stereocenters. The third-order valence-electron chi connectivity index (χ3n) is 3.43. The largest absolute Gasteiger partial charge is 0.377 e. The zero-order chi connectivity index (χ0) is 14.6. The summed E-state index contributed by atoms with van der Waals surface area (Å²) in [5.74, 6) is 0.292. The zero-order valence-corrected chi connectivity index (χ0v) is 15.0. The van der Waals surface area contributed by atoms with Crippen molar-refractivity contribution < 1.29 is 14.2 Å². The summed E-state index contributed by atoms with van der Waals surface area (Å²) in [7, 11) is 0. The molecule has 0 spiro atoms. The Morgan fingerprint density at radius 3 is 1.79 bits per heavy atom. The highest BCUT2D eigenvalue weighted by Crippen LogP contribution is 2.62. The molecule has 6 heteroatoms. The van der Waals surface area contributed by atoms with Gasteiger partial charge in [-0.1, -0.05) is 22.9 Å². The average molecular weight is 378 g/mol. The standard InChI is InChI=1S/C13H23BrCl2O3/c1-5-17-11(9-8(4)13(9,15)16)10(14)12(18-6-2)19-7-3/h8-12H,5-7H2,1-4H3. The summed E-state index contributed by atoms with van der Waals surface area (Å²) in [6.07, 6.45) is -0.485. The molecule has 1 fully saturated rings. The van der Waals surface area contributed by atoms with Crippen molar-refractivity contribution in [1.29, 1.82) is 0 Å². The van der Waals surface area contributed by atoms with Gasteiger partial charge in [0.05, 0.1) is 10.9 Å². The van der Waals surface area contributed by atoms with Crippen LogP contribution in [0, 0.1) is 11.8 Å². The van der Waals surface area contributed by atoms with E-state index in [9.17, 15) is 0 Å². The first-order valence-electron chi connectivity index (χ1n) is 6.78. The lowest BCUT2D eigenvalue weighted by Gasteiger charge is -2.29.